The third kappa shape index (κ3) is 5.95. The van der Waals surface area contributed by atoms with Gasteiger partial charge in [-0.1, -0.05) is 65.4 Å². The van der Waals surface area contributed by atoms with Crippen LogP contribution in [0.15, 0.2) is 83.6 Å². The number of ketones is 1. The van der Waals surface area contributed by atoms with Crippen molar-refractivity contribution in [2.75, 3.05) is 11.1 Å². The molecule has 0 saturated heterocycles. The predicted octanol–water partition coefficient (Wildman–Crippen LogP) is 5.22. The van der Waals surface area contributed by atoms with Crippen molar-refractivity contribution in [2.45, 2.75) is 38.5 Å². The van der Waals surface area contributed by atoms with Crippen LogP contribution < -0.4 is 10.6 Å². The fourth-order valence-corrected chi connectivity index (χ4v) is 4.81. The van der Waals surface area contributed by atoms with Crippen LogP contribution in [-0.4, -0.2) is 38.2 Å². The van der Waals surface area contributed by atoms with E-state index in [4.69, 9.17) is 11.6 Å². The second-order valence-corrected chi connectivity index (χ2v) is 10.2. The lowest BCUT2D eigenvalue weighted by molar-refractivity contribution is -0.124. The van der Waals surface area contributed by atoms with Crippen LogP contribution in [0.5, 0.6) is 0 Å². The molecule has 1 aromatic heterocycles. The molecule has 3 aromatic rings. The Morgan fingerprint density at radius 1 is 1.11 bits per heavy atom. The van der Waals surface area contributed by atoms with Crippen LogP contribution in [0.2, 0.25) is 5.02 Å². The number of rotatable bonds is 9. The van der Waals surface area contributed by atoms with Crippen molar-refractivity contribution in [2.24, 2.45) is 5.41 Å². The minimum absolute atomic E-state index is 0.0903. The molecule has 7 nitrogen and oxygen atoms in total. The van der Waals surface area contributed by atoms with Crippen molar-refractivity contribution in [3.05, 3.63) is 89.2 Å². The van der Waals surface area contributed by atoms with Gasteiger partial charge in [-0.25, -0.2) is 0 Å². The minimum Gasteiger partial charge on any atom is -0.325 e. The molecular formula is C27H28ClN5O2S. The maximum absolute atomic E-state index is 12.5. The van der Waals surface area contributed by atoms with Gasteiger partial charge in [0.15, 0.2) is 11.0 Å². The summed E-state index contributed by atoms with van der Waals surface area (Å²) in [6, 6.07) is 16.6. The minimum atomic E-state index is -0.644. The SMILES string of the molecule is CC(=O)C1(C)C=CC(C)=CC1NCc1nnc(SCC(=O)Nc2ccc(Cl)cc2)n1-c1ccccc1. The number of amides is 1. The second-order valence-electron chi connectivity index (χ2n) is 8.85. The Morgan fingerprint density at radius 3 is 2.53 bits per heavy atom. The van der Waals surface area contributed by atoms with Gasteiger partial charge in [-0.05, 0) is 57.2 Å². The van der Waals surface area contributed by atoms with Crippen LogP contribution in [-0.2, 0) is 16.1 Å². The molecule has 0 saturated carbocycles. The highest BCUT2D eigenvalue weighted by Gasteiger charge is 2.37. The molecule has 2 aromatic carbocycles. The van der Waals surface area contributed by atoms with Gasteiger partial charge in [0.2, 0.25) is 5.91 Å². The van der Waals surface area contributed by atoms with Crippen LogP contribution in [0, 0.1) is 5.41 Å². The first-order valence-corrected chi connectivity index (χ1v) is 12.9. The fourth-order valence-electron chi connectivity index (χ4n) is 3.91. The van der Waals surface area contributed by atoms with Crippen LogP contribution in [0.1, 0.15) is 26.6 Å². The van der Waals surface area contributed by atoms with E-state index in [1.54, 1.807) is 31.2 Å². The maximum Gasteiger partial charge on any atom is 0.234 e. The zero-order chi connectivity index (χ0) is 25.7. The lowest BCUT2D eigenvalue weighted by Gasteiger charge is -2.34. The summed E-state index contributed by atoms with van der Waals surface area (Å²) in [7, 11) is 0. The zero-order valence-corrected chi connectivity index (χ0v) is 21.9. The van der Waals surface area contributed by atoms with E-state index in [0.717, 1.165) is 11.3 Å². The Kier molecular flexibility index (Phi) is 8.08. The number of halogens is 1. The van der Waals surface area contributed by atoms with E-state index < -0.39 is 5.41 Å². The van der Waals surface area contributed by atoms with Crippen LogP contribution in [0.4, 0.5) is 5.69 Å². The lowest BCUT2D eigenvalue weighted by atomic mass is 9.75. The highest BCUT2D eigenvalue weighted by atomic mass is 35.5. The molecule has 9 heteroatoms. The summed E-state index contributed by atoms with van der Waals surface area (Å²) < 4.78 is 1.94. The van der Waals surface area contributed by atoms with E-state index in [0.29, 0.717) is 28.2 Å². The molecule has 186 valence electrons. The summed E-state index contributed by atoms with van der Waals surface area (Å²) in [4.78, 5) is 25.0. The number of allylic oxidation sites excluding steroid dienone is 2. The van der Waals surface area contributed by atoms with Gasteiger partial charge < -0.3 is 10.6 Å². The molecule has 0 aliphatic heterocycles. The summed E-state index contributed by atoms with van der Waals surface area (Å²) >= 11 is 7.22. The van der Waals surface area contributed by atoms with Gasteiger partial charge in [0.1, 0.15) is 5.78 Å². The predicted molar refractivity (Wildman–Crippen MR) is 144 cm³/mol. The Labute approximate surface area is 220 Å². The van der Waals surface area contributed by atoms with Gasteiger partial charge in [-0.15, -0.1) is 10.2 Å². The summed E-state index contributed by atoms with van der Waals surface area (Å²) in [6.45, 7) is 5.96. The molecule has 1 heterocycles. The molecule has 36 heavy (non-hydrogen) atoms. The zero-order valence-electron chi connectivity index (χ0n) is 20.4. The first kappa shape index (κ1) is 25.9. The number of nitrogens with zero attached hydrogens (tertiary/aromatic N) is 3. The molecular weight excluding hydrogens is 494 g/mol. The Hall–Kier alpha value is -3.20. The number of thioether (sulfide) groups is 1. The van der Waals surface area contributed by atoms with Crippen LogP contribution in [0.3, 0.4) is 0 Å². The van der Waals surface area contributed by atoms with Crippen molar-refractivity contribution < 1.29 is 9.59 Å². The Morgan fingerprint density at radius 2 is 1.83 bits per heavy atom. The number of aromatic nitrogens is 3. The molecule has 1 aliphatic carbocycles. The molecule has 2 unspecified atom stereocenters. The molecule has 2 atom stereocenters. The number of hydrogen-bond donors (Lipinski definition) is 2. The summed E-state index contributed by atoms with van der Waals surface area (Å²) in [5.74, 6) is 0.788. The number of carbonyl (C=O) groups is 2. The number of para-hydroxylation sites is 1. The monoisotopic (exact) mass is 521 g/mol. The fraction of sp³-hybridized carbons (Fsp3) is 0.259. The third-order valence-electron chi connectivity index (χ3n) is 6.18. The molecule has 0 radical (unpaired) electrons. The number of hydrogen-bond acceptors (Lipinski definition) is 6. The second kappa shape index (κ2) is 11.2. The van der Waals surface area contributed by atoms with E-state index in [2.05, 4.69) is 26.9 Å². The molecule has 1 aliphatic rings. The van der Waals surface area contributed by atoms with E-state index in [1.165, 1.54) is 11.8 Å². The largest absolute Gasteiger partial charge is 0.325 e. The first-order chi connectivity index (χ1) is 17.3. The number of nitrogens with one attached hydrogen (secondary N) is 2. The van der Waals surface area contributed by atoms with Gasteiger partial charge in [-0.2, -0.15) is 0 Å². The van der Waals surface area contributed by atoms with Crippen molar-refractivity contribution in [3.63, 3.8) is 0 Å². The average molecular weight is 522 g/mol. The molecule has 0 spiro atoms. The Bertz CT molecular complexity index is 1300. The standard InChI is InChI=1S/C27H28ClN5O2S/c1-18-13-14-27(3,19(2)34)23(15-18)29-16-24-31-32-26(33(24)22-7-5-4-6-8-22)36-17-25(35)30-21-11-9-20(28)10-12-21/h4-15,23,29H,16-17H2,1-3H3,(H,30,35). The van der Waals surface area contributed by atoms with E-state index in [1.807, 2.05) is 60.9 Å². The lowest BCUT2D eigenvalue weighted by Crippen LogP contribution is -2.46. The smallest absolute Gasteiger partial charge is 0.234 e. The normalized spacial score (nSPS) is 19.1. The highest BCUT2D eigenvalue weighted by Crippen LogP contribution is 2.31. The molecule has 1 amide bonds. The first-order valence-electron chi connectivity index (χ1n) is 11.6. The Balaban J connectivity index is 1.51. The molecule has 4 rings (SSSR count). The molecule has 2 N–H and O–H groups in total. The van der Waals surface area contributed by atoms with Crippen molar-refractivity contribution >= 4 is 40.7 Å². The van der Waals surface area contributed by atoms with Crippen LogP contribution in [0.25, 0.3) is 5.69 Å². The number of Topliss-reactive ketones (excluding diaryl/α,β-unsaturated/α-hetero) is 1. The number of carbonyl (C=O) groups excluding carboxylic acids is 2. The van der Waals surface area contributed by atoms with Gasteiger partial charge in [0.25, 0.3) is 0 Å². The van der Waals surface area contributed by atoms with E-state index in [9.17, 15) is 9.59 Å². The quantitative estimate of drug-likeness (QED) is 0.375. The van der Waals surface area contributed by atoms with Crippen molar-refractivity contribution in [3.8, 4) is 5.69 Å². The van der Waals surface area contributed by atoms with Crippen molar-refractivity contribution in [1.82, 2.24) is 20.1 Å². The topological polar surface area (TPSA) is 88.9 Å². The summed E-state index contributed by atoms with van der Waals surface area (Å²) in [6.07, 6.45) is 6.02. The van der Waals surface area contributed by atoms with E-state index >= 15 is 0 Å². The maximum atomic E-state index is 12.5. The van der Waals surface area contributed by atoms with E-state index in [-0.39, 0.29) is 23.5 Å². The van der Waals surface area contributed by atoms with Gasteiger partial charge >= 0.3 is 0 Å². The third-order valence-corrected chi connectivity index (χ3v) is 7.36. The number of benzene rings is 2. The van der Waals surface area contributed by atoms with Gasteiger partial charge in [-0.3, -0.25) is 14.2 Å². The van der Waals surface area contributed by atoms with Gasteiger partial charge in [0, 0.05) is 22.4 Å². The summed E-state index contributed by atoms with van der Waals surface area (Å²) in [5.41, 5.74) is 2.02. The molecule has 0 bridgehead atoms. The average Bonchev–Trinajstić information content (AvgIpc) is 3.28. The molecule has 0 fully saturated rings. The highest BCUT2D eigenvalue weighted by molar-refractivity contribution is 7.99. The van der Waals surface area contributed by atoms with Gasteiger partial charge in [0.05, 0.1) is 17.7 Å². The van der Waals surface area contributed by atoms with Crippen LogP contribution >= 0.6 is 23.4 Å². The van der Waals surface area contributed by atoms with Crippen molar-refractivity contribution in [1.29, 1.82) is 0 Å². The summed E-state index contributed by atoms with van der Waals surface area (Å²) in [5, 5.41) is 16.4. The number of anilines is 1.